The van der Waals surface area contributed by atoms with Crippen LogP contribution in [0, 0.1) is 0 Å². The number of fused-ring (bicyclic) bond motifs is 1. The molecule has 3 rings (SSSR count). The number of nitrogens with one attached hydrogen (secondary N) is 1. The summed E-state index contributed by atoms with van der Waals surface area (Å²) < 4.78 is 16.7. The maximum Gasteiger partial charge on any atom is 0.164 e. The number of ether oxygens (including phenoxy) is 3. The maximum absolute atomic E-state index is 8.83. The smallest absolute Gasteiger partial charge is 0.164 e. The first-order valence-corrected chi connectivity index (χ1v) is 8.15. The minimum atomic E-state index is 0.0186. The van der Waals surface area contributed by atoms with Crippen LogP contribution in [0.25, 0.3) is 0 Å². The second kappa shape index (κ2) is 8.04. The van der Waals surface area contributed by atoms with Crippen molar-refractivity contribution in [3.63, 3.8) is 0 Å². The highest BCUT2D eigenvalue weighted by Gasteiger charge is 2.22. The molecule has 2 aromatic carbocycles. The van der Waals surface area contributed by atoms with E-state index in [0.717, 1.165) is 41.3 Å². The average molecular weight is 329 g/mol. The third kappa shape index (κ3) is 3.99. The number of para-hydroxylation sites is 1. The quantitative estimate of drug-likeness (QED) is 0.815. The predicted molar refractivity (Wildman–Crippen MR) is 91.8 cm³/mol. The van der Waals surface area contributed by atoms with E-state index in [-0.39, 0.29) is 12.6 Å². The number of methoxy groups -OCH3 is 1. The van der Waals surface area contributed by atoms with Crippen LogP contribution in [0.3, 0.4) is 0 Å². The maximum atomic E-state index is 8.83. The molecule has 2 aromatic rings. The Hall–Kier alpha value is -2.24. The van der Waals surface area contributed by atoms with Gasteiger partial charge in [0, 0.05) is 12.6 Å². The third-order valence-electron chi connectivity index (χ3n) is 4.03. The largest absolute Gasteiger partial charge is 0.493 e. The molecule has 1 aliphatic rings. The van der Waals surface area contributed by atoms with E-state index in [4.69, 9.17) is 19.3 Å². The third-order valence-corrected chi connectivity index (χ3v) is 4.03. The van der Waals surface area contributed by atoms with Gasteiger partial charge in [-0.15, -0.1) is 0 Å². The van der Waals surface area contributed by atoms with E-state index in [1.807, 2.05) is 30.3 Å². The van der Waals surface area contributed by atoms with Crippen LogP contribution in [0.15, 0.2) is 42.5 Å². The van der Waals surface area contributed by atoms with E-state index in [9.17, 15) is 0 Å². The van der Waals surface area contributed by atoms with Gasteiger partial charge in [0.1, 0.15) is 19.0 Å². The molecular formula is C19H23NO4. The summed E-state index contributed by atoms with van der Waals surface area (Å²) in [6.45, 7) is 1.69. The fourth-order valence-corrected chi connectivity index (χ4v) is 2.86. The van der Waals surface area contributed by atoms with Crippen molar-refractivity contribution in [2.24, 2.45) is 0 Å². The van der Waals surface area contributed by atoms with Crippen LogP contribution in [0.2, 0.25) is 0 Å². The van der Waals surface area contributed by atoms with Gasteiger partial charge >= 0.3 is 0 Å². The van der Waals surface area contributed by atoms with Crippen LogP contribution < -0.4 is 19.5 Å². The first-order valence-electron chi connectivity index (χ1n) is 8.15. The van der Waals surface area contributed by atoms with Gasteiger partial charge in [-0.1, -0.05) is 24.3 Å². The molecule has 0 radical (unpaired) electrons. The molecule has 1 heterocycles. The number of hydrogen-bond donors (Lipinski definition) is 2. The number of aliphatic hydroxyl groups excluding tert-OH is 1. The van der Waals surface area contributed by atoms with E-state index in [2.05, 4.69) is 17.4 Å². The van der Waals surface area contributed by atoms with Crippen molar-refractivity contribution in [1.82, 2.24) is 5.32 Å². The summed E-state index contributed by atoms with van der Waals surface area (Å²) in [6, 6.07) is 14.1. The molecule has 0 aliphatic carbocycles. The van der Waals surface area contributed by atoms with Gasteiger partial charge in [-0.3, -0.25) is 0 Å². The van der Waals surface area contributed by atoms with Gasteiger partial charge in [0.25, 0.3) is 0 Å². The second-order valence-electron chi connectivity index (χ2n) is 5.76. The standard InChI is InChI=1S/C19H23NO4/c1-22-18-7-3-5-15-11-16(13-24-19(15)18)20-12-14-4-2-6-17(10-14)23-9-8-21/h2-7,10,16,20-21H,8-9,11-13H2,1H3/t16-/m0/s1. The average Bonchev–Trinajstić information content (AvgIpc) is 2.64. The van der Waals surface area contributed by atoms with E-state index in [1.54, 1.807) is 7.11 Å². The number of rotatable bonds is 7. The van der Waals surface area contributed by atoms with Crippen molar-refractivity contribution >= 4 is 0 Å². The van der Waals surface area contributed by atoms with Gasteiger partial charge in [0.2, 0.25) is 0 Å². The zero-order chi connectivity index (χ0) is 16.8. The van der Waals surface area contributed by atoms with Crippen LogP contribution >= 0.6 is 0 Å². The number of benzene rings is 2. The first-order chi connectivity index (χ1) is 11.8. The molecule has 128 valence electrons. The summed E-state index contributed by atoms with van der Waals surface area (Å²) >= 11 is 0. The van der Waals surface area contributed by atoms with Crippen molar-refractivity contribution in [3.05, 3.63) is 53.6 Å². The van der Waals surface area contributed by atoms with Gasteiger partial charge in [0.05, 0.1) is 13.7 Å². The van der Waals surface area contributed by atoms with Crippen molar-refractivity contribution in [2.75, 3.05) is 26.9 Å². The fourth-order valence-electron chi connectivity index (χ4n) is 2.86. The Bertz CT molecular complexity index is 674. The Morgan fingerprint density at radius 3 is 2.96 bits per heavy atom. The second-order valence-corrected chi connectivity index (χ2v) is 5.76. The lowest BCUT2D eigenvalue weighted by Gasteiger charge is -2.27. The van der Waals surface area contributed by atoms with Crippen molar-refractivity contribution in [1.29, 1.82) is 0 Å². The Morgan fingerprint density at radius 1 is 1.25 bits per heavy atom. The van der Waals surface area contributed by atoms with Gasteiger partial charge in [-0.2, -0.15) is 0 Å². The molecule has 0 unspecified atom stereocenters. The molecule has 0 saturated heterocycles. The molecule has 0 bridgehead atoms. The van der Waals surface area contributed by atoms with Crippen LogP contribution in [0.5, 0.6) is 17.2 Å². The van der Waals surface area contributed by atoms with Crippen molar-refractivity contribution in [2.45, 2.75) is 19.0 Å². The van der Waals surface area contributed by atoms with Gasteiger partial charge in [0.15, 0.2) is 11.5 Å². The zero-order valence-electron chi connectivity index (χ0n) is 13.8. The Morgan fingerprint density at radius 2 is 2.12 bits per heavy atom. The zero-order valence-corrected chi connectivity index (χ0v) is 13.8. The predicted octanol–water partition coefficient (Wildman–Crippen LogP) is 2.16. The lowest BCUT2D eigenvalue weighted by molar-refractivity contribution is 0.201. The van der Waals surface area contributed by atoms with Gasteiger partial charge in [-0.05, 0) is 35.7 Å². The highest BCUT2D eigenvalue weighted by molar-refractivity contribution is 5.48. The first kappa shape index (κ1) is 16.6. The Labute approximate surface area is 142 Å². The molecule has 2 N–H and O–H groups in total. The lowest BCUT2D eigenvalue weighted by atomic mass is 10.0. The van der Waals surface area contributed by atoms with Crippen molar-refractivity contribution in [3.8, 4) is 17.2 Å². The topological polar surface area (TPSA) is 60.0 Å². The van der Waals surface area contributed by atoms with Crippen LogP contribution in [0.4, 0.5) is 0 Å². The molecule has 0 saturated carbocycles. The molecule has 1 aliphatic heterocycles. The summed E-state index contributed by atoms with van der Waals surface area (Å²) in [5, 5.41) is 12.4. The molecule has 0 spiro atoms. The van der Waals surface area contributed by atoms with E-state index < -0.39 is 0 Å². The summed E-state index contributed by atoms with van der Waals surface area (Å²) in [7, 11) is 1.66. The lowest BCUT2D eigenvalue weighted by Crippen LogP contribution is -2.38. The molecular weight excluding hydrogens is 306 g/mol. The SMILES string of the molecule is COc1cccc2c1OC[C@@H](NCc1cccc(OCCO)c1)C2. The monoisotopic (exact) mass is 329 g/mol. The molecule has 0 fully saturated rings. The number of hydrogen-bond acceptors (Lipinski definition) is 5. The molecule has 0 amide bonds. The Balaban J connectivity index is 1.58. The van der Waals surface area contributed by atoms with E-state index in [0.29, 0.717) is 13.2 Å². The summed E-state index contributed by atoms with van der Waals surface area (Å²) in [5.74, 6) is 2.43. The van der Waals surface area contributed by atoms with Crippen LogP contribution in [-0.4, -0.2) is 38.1 Å². The van der Waals surface area contributed by atoms with Crippen LogP contribution in [0.1, 0.15) is 11.1 Å². The molecule has 5 nitrogen and oxygen atoms in total. The van der Waals surface area contributed by atoms with Gasteiger partial charge in [-0.25, -0.2) is 0 Å². The summed E-state index contributed by atoms with van der Waals surface area (Å²) in [5.41, 5.74) is 2.31. The highest BCUT2D eigenvalue weighted by Crippen LogP contribution is 2.34. The Kier molecular flexibility index (Phi) is 5.56. The van der Waals surface area contributed by atoms with E-state index >= 15 is 0 Å². The molecule has 1 atom stereocenters. The van der Waals surface area contributed by atoms with E-state index in [1.165, 1.54) is 0 Å². The van der Waals surface area contributed by atoms with Crippen molar-refractivity contribution < 1.29 is 19.3 Å². The van der Waals surface area contributed by atoms with Crippen LogP contribution in [-0.2, 0) is 13.0 Å². The summed E-state index contributed by atoms with van der Waals surface area (Å²) in [6.07, 6.45) is 0.910. The summed E-state index contributed by atoms with van der Waals surface area (Å²) in [4.78, 5) is 0. The molecule has 0 aromatic heterocycles. The minimum Gasteiger partial charge on any atom is -0.493 e. The minimum absolute atomic E-state index is 0.0186. The molecule has 5 heteroatoms. The van der Waals surface area contributed by atoms with Gasteiger partial charge < -0.3 is 24.6 Å². The molecule has 24 heavy (non-hydrogen) atoms. The normalized spacial score (nSPS) is 16.2. The highest BCUT2D eigenvalue weighted by atomic mass is 16.5. The fraction of sp³-hybridized carbons (Fsp3) is 0.368. The number of aliphatic hydroxyl groups is 1.